The van der Waals surface area contributed by atoms with Crippen LogP contribution in [-0.4, -0.2) is 25.7 Å². The molecule has 7 heteroatoms. The number of phenolic OH excluding ortho intramolecular Hbond substituents is 1. The molecule has 1 atom stereocenters. The fraction of sp³-hybridized carbons (Fsp3) is 0.190. The number of anilines is 1. The minimum Gasteiger partial charge on any atom is -0.508 e. The Morgan fingerprint density at radius 2 is 1.82 bits per heavy atom. The first-order chi connectivity index (χ1) is 13.6. The van der Waals surface area contributed by atoms with Gasteiger partial charge in [-0.05, 0) is 54.8 Å². The smallest absolute Gasteiger partial charge is 0.226 e. The average Bonchev–Trinajstić information content (AvgIpc) is 3.11. The molecule has 1 aliphatic carbocycles. The van der Waals surface area contributed by atoms with Crippen molar-refractivity contribution in [3.8, 4) is 17.1 Å². The van der Waals surface area contributed by atoms with Crippen LogP contribution in [0.1, 0.15) is 30.9 Å². The number of ketones is 1. The molecule has 3 aromatic rings. The van der Waals surface area contributed by atoms with Crippen LogP contribution in [0.2, 0.25) is 5.02 Å². The van der Waals surface area contributed by atoms with Crippen LogP contribution in [0.3, 0.4) is 0 Å². The fourth-order valence-electron chi connectivity index (χ4n) is 3.84. The van der Waals surface area contributed by atoms with Gasteiger partial charge in [0, 0.05) is 28.3 Å². The minimum absolute atomic E-state index is 0.126. The number of carbonyl (C=O) groups excluding carboxylic acids is 1. The Kier molecular flexibility index (Phi) is 3.94. The molecule has 0 bridgehead atoms. The number of aromatic hydroxyl groups is 1. The molecule has 1 aromatic heterocycles. The van der Waals surface area contributed by atoms with E-state index in [-0.39, 0.29) is 17.6 Å². The zero-order chi connectivity index (χ0) is 19.3. The van der Waals surface area contributed by atoms with Gasteiger partial charge in [0.25, 0.3) is 0 Å². The highest BCUT2D eigenvalue weighted by molar-refractivity contribution is 6.30. The highest BCUT2D eigenvalue weighted by atomic mass is 35.5. The van der Waals surface area contributed by atoms with Gasteiger partial charge < -0.3 is 10.4 Å². The van der Waals surface area contributed by atoms with Gasteiger partial charge in [-0.2, -0.15) is 4.98 Å². The number of carbonyl (C=O) groups is 1. The summed E-state index contributed by atoms with van der Waals surface area (Å²) < 4.78 is 1.76. The van der Waals surface area contributed by atoms with E-state index in [0.717, 1.165) is 35.2 Å². The predicted octanol–water partition coefficient (Wildman–Crippen LogP) is 4.33. The van der Waals surface area contributed by atoms with Crippen molar-refractivity contribution in [2.24, 2.45) is 0 Å². The summed E-state index contributed by atoms with van der Waals surface area (Å²) >= 11 is 5.99. The molecule has 0 saturated heterocycles. The number of phenols is 1. The van der Waals surface area contributed by atoms with Gasteiger partial charge in [-0.25, -0.2) is 4.68 Å². The maximum Gasteiger partial charge on any atom is 0.226 e. The van der Waals surface area contributed by atoms with Crippen molar-refractivity contribution < 1.29 is 9.90 Å². The summed E-state index contributed by atoms with van der Waals surface area (Å²) in [5.74, 6) is 1.48. The maximum atomic E-state index is 12.8. The van der Waals surface area contributed by atoms with Crippen LogP contribution in [0.25, 0.3) is 11.4 Å². The van der Waals surface area contributed by atoms with Crippen molar-refractivity contribution in [3.05, 3.63) is 70.4 Å². The molecule has 28 heavy (non-hydrogen) atoms. The Labute approximate surface area is 166 Å². The standard InChI is InChI=1S/C21H17ClN4O2/c22-14-8-4-13(5-9-14)20-24-21-23-16-2-1-3-17(28)18(16)19(26(21)25-20)12-6-10-15(27)11-7-12/h4-11,19,27H,1-3H2,(H,23,24,25). The van der Waals surface area contributed by atoms with Gasteiger partial charge in [0.15, 0.2) is 11.6 Å². The fourth-order valence-corrected chi connectivity index (χ4v) is 3.97. The molecule has 0 spiro atoms. The molecule has 6 nitrogen and oxygen atoms in total. The Balaban J connectivity index is 1.66. The van der Waals surface area contributed by atoms with Crippen LogP contribution in [0, 0.1) is 0 Å². The Morgan fingerprint density at radius 3 is 2.57 bits per heavy atom. The van der Waals surface area contributed by atoms with Gasteiger partial charge in [0.2, 0.25) is 5.95 Å². The zero-order valence-electron chi connectivity index (χ0n) is 14.9. The van der Waals surface area contributed by atoms with E-state index in [0.29, 0.717) is 23.2 Å². The van der Waals surface area contributed by atoms with Crippen LogP contribution >= 0.6 is 11.6 Å². The molecule has 2 heterocycles. The molecule has 5 rings (SSSR count). The quantitative estimate of drug-likeness (QED) is 0.678. The molecule has 140 valence electrons. The number of Topliss-reactive ketones (excluding diaryl/α,β-unsaturated/α-hetero) is 1. The van der Waals surface area contributed by atoms with Crippen molar-refractivity contribution in [2.75, 3.05) is 5.32 Å². The number of benzene rings is 2. The van der Waals surface area contributed by atoms with Crippen molar-refractivity contribution in [1.29, 1.82) is 0 Å². The van der Waals surface area contributed by atoms with Crippen molar-refractivity contribution in [2.45, 2.75) is 25.3 Å². The molecule has 2 aliphatic rings. The van der Waals surface area contributed by atoms with E-state index in [4.69, 9.17) is 16.7 Å². The van der Waals surface area contributed by atoms with Crippen LogP contribution < -0.4 is 5.32 Å². The third-order valence-corrected chi connectivity index (χ3v) is 5.43. The lowest BCUT2D eigenvalue weighted by atomic mass is 9.85. The number of nitrogens with zero attached hydrogens (tertiary/aromatic N) is 3. The molecule has 0 fully saturated rings. The number of fused-ring (bicyclic) bond motifs is 1. The lowest BCUT2D eigenvalue weighted by Gasteiger charge is -2.32. The average molecular weight is 393 g/mol. The second-order valence-corrected chi connectivity index (χ2v) is 7.43. The number of hydrogen-bond acceptors (Lipinski definition) is 5. The van der Waals surface area contributed by atoms with Crippen molar-refractivity contribution >= 4 is 23.3 Å². The summed E-state index contributed by atoms with van der Waals surface area (Å²) in [4.78, 5) is 17.4. The first kappa shape index (κ1) is 17.0. The van der Waals surface area contributed by atoms with E-state index < -0.39 is 0 Å². The van der Waals surface area contributed by atoms with Crippen LogP contribution in [0.5, 0.6) is 5.75 Å². The van der Waals surface area contributed by atoms with Gasteiger partial charge in [0.05, 0.1) is 0 Å². The third kappa shape index (κ3) is 2.77. The minimum atomic E-state index is -0.367. The van der Waals surface area contributed by atoms with Crippen LogP contribution in [-0.2, 0) is 4.79 Å². The summed E-state index contributed by atoms with van der Waals surface area (Å²) in [5, 5.41) is 18.3. The number of allylic oxidation sites excluding steroid dienone is 2. The Morgan fingerprint density at radius 1 is 1.07 bits per heavy atom. The molecule has 0 radical (unpaired) electrons. The second-order valence-electron chi connectivity index (χ2n) is 7.00. The van der Waals surface area contributed by atoms with Crippen molar-refractivity contribution in [1.82, 2.24) is 14.8 Å². The number of nitrogens with one attached hydrogen (secondary N) is 1. The molecule has 2 aromatic carbocycles. The van der Waals surface area contributed by atoms with Crippen LogP contribution in [0.4, 0.5) is 5.95 Å². The first-order valence-corrected chi connectivity index (χ1v) is 9.52. The molecule has 0 saturated carbocycles. The zero-order valence-corrected chi connectivity index (χ0v) is 15.6. The van der Waals surface area contributed by atoms with Crippen LogP contribution in [0.15, 0.2) is 59.8 Å². The molecule has 1 unspecified atom stereocenters. The molecular weight excluding hydrogens is 376 g/mol. The monoisotopic (exact) mass is 392 g/mol. The van der Waals surface area contributed by atoms with E-state index in [1.807, 2.05) is 24.3 Å². The molecule has 0 amide bonds. The van der Waals surface area contributed by atoms with Gasteiger partial charge in [0.1, 0.15) is 11.8 Å². The van der Waals surface area contributed by atoms with Gasteiger partial charge in [-0.1, -0.05) is 23.7 Å². The second kappa shape index (κ2) is 6.49. The highest BCUT2D eigenvalue weighted by Gasteiger charge is 2.36. The van der Waals surface area contributed by atoms with E-state index in [1.165, 1.54) is 0 Å². The normalized spacial score (nSPS) is 18.5. The number of rotatable bonds is 2. The first-order valence-electron chi connectivity index (χ1n) is 9.15. The summed E-state index contributed by atoms with van der Waals surface area (Å²) in [6, 6.07) is 13.9. The Hall–Kier alpha value is -3.12. The van der Waals surface area contributed by atoms with Crippen molar-refractivity contribution in [3.63, 3.8) is 0 Å². The summed E-state index contributed by atoms with van der Waals surface area (Å²) in [6.45, 7) is 0. The van der Waals surface area contributed by atoms with E-state index in [1.54, 1.807) is 28.9 Å². The Bertz CT molecular complexity index is 1100. The molecular formula is C21H17ClN4O2. The van der Waals surface area contributed by atoms with E-state index >= 15 is 0 Å². The number of halogens is 1. The maximum absolute atomic E-state index is 12.8. The number of hydrogen-bond donors (Lipinski definition) is 2. The summed E-state index contributed by atoms with van der Waals surface area (Å²) in [5.41, 5.74) is 3.38. The predicted molar refractivity (Wildman–Crippen MR) is 106 cm³/mol. The SMILES string of the molecule is O=C1CCCC2=C1C(c1ccc(O)cc1)n1nc(-c3ccc(Cl)cc3)nc1N2. The summed E-state index contributed by atoms with van der Waals surface area (Å²) in [6.07, 6.45) is 2.16. The topological polar surface area (TPSA) is 80.0 Å². The molecule has 2 N–H and O–H groups in total. The highest BCUT2D eigenvalue weighted by Crippen LogP contribution is 2.40. The largest absolute Gasteiger partial charge is 0.508 e. The third-order valence-electron chi connectivity index (χ3n) is 5.18. The van der Waals surface area contributed by atoms with Gasteiger partial charge in [-0.3, -0.25) is 4.79 Å². The van der Waals surface area contributed by atoms with E-state index in [9.17, 15) is 9.90 Å². The number of aromatic nitrogens is 3. The lowest BCUT2D eigenvalue weighted by Crippen LogP contribution is -2.31. The lowest BCUT2D eigenvalue weighted by molar-refractivity contribution is -0.116. The molecule has 1 aliphatic heterocycles. The summed E-state index contributed by atoms with van der Waals surface area (Å²) in [7, 11) is 0. The van der Waals surface area contributed by atoms with Gasteiger partial charge >= 0.3 is 0 Å². The van der Waals surface area contributed by atoms with E-state index in [2.05, 4.69) is 10.3 Å². The van der Waals surface area contributed by atoms with Gasteiger partial charge in [-0.15, -0.1) is 5.10 Å².